The minimum Gasteiger partial charge on any atom is -0.497 e. The lowest BCUT2D eigenvalue weighted by Crippen LogP contribution is -2.00. The summed E-state index contributed by atoms with van der Waals surface area (Å²) in [5, 5.41) is 0.739. The highest BCUT2D eigenvalue weighted by Gasteiger charge is 2.18. The first-order valence-electron chi connectivity index (χ1n) is 6.19. The quantitative estimate of drug-likeness (QED) is 0.706. The fraction of sp³-hybridized carbons (Fsp3) is 0.250. The van der Waals surface area contributed by atoms with Crippen LogP contribution in [0.15, 0.2) is 36.4 Å². The van der Waals surface area contributed by atoms with Crippen LogP contribution in [0.4, 0.5) is 0 Å². The maximum absolute atomic E-state index is 6.01. The summed E-state index contributed by atoms with van der Waals surface area (Å²) in [5.74, 6) is 1.62. The van der Waals surface area contributed by atoms with Gasteiger partial charge in [-0.1, -0.05) is 33.6 Å². The summed E-state index contributed by atoms with van der Waals surface area (Å²) < 4.78 is 10.7. The van der Waals surface area contributed by atoms with E-state index in [-0.39, 0.29) is 4.83 Å². The van der Waals surface area contributed by atoms with Crippen molar-refractivity contribution in [2.75, 3.05) is 14.2 Å². The summed E-state index contributed by atoms with van der Waals surface area (Å²) in [6.07, 6.45) is 0. The van der Waals surface area contributed by atoms with E-state index in [2.05, 4.69) is 15.9 Å². The Morgan fingerprint density at radius 3 is 2.35 bits per heavy atom. The number of methoxy groups -OCH3 is 2. The Bertz CT molecular complexity index is 613. The SMILES string of the molecule is COc1ccc(OC)c(C(Br)c2ccc(Cl)cc2C)c1. The highest BCUT2D eigenvalue weighted by molar-refractivity contribution is 9.09. The van der Waals surface area contributed by atoms with E-state index < -0.39 is 0 Å². The Balaban J connectivity index is 2.48. The van der Waals surface area contributed by atoms with Gasteiger partial charge in [-0.3, -0.25) is 0 Å². The summed E-state index contributed by atoms with van der Waals surface area (Å²) in [7, 11) is 3.32. The van der Waals surface area contributed by atoms with Crippen LogP contribution in [0.1, 0.15) is 21.5 Å². The normalized spacial score (nSPS) is 12.1. The number of hydrogen-bond donors (Lipinski definition) is 0. The lowest BCUT2D eigenvalue weighted by molar-refractivity contribution is 0.399. The molecular weight excluding hydrogens is 340 g/mol. The number of rotatable bonds is 4. The van der Waals surface area contributed by atoms with Crippen LogP contribution in [0.25, 0.3) is 0 Å². The maximum atomic E-state index is 6.01. The van der Waals surface area contributed by atoms with Crippen molar-refractivity contribution in [3.8, 4) is 11.5 Å². The predicted molar refractivity (Wildman–Crippen MR) is 86.5 cm³/mol. The third-order valence-corrected chi connectivity index (χ3v) is 4.44. The second-order valence-corrected chi connectivity index (χ2v) is 5.82. The summed E-state index contributed by atoms with van der Waals surface area (Å²) in [4.78, 5) is 0.0183. The molecule has 0 bridgehead atoms. The largest absolute Gasteiger partial charge is 0.497 e. The Hall–Kier alpha value is -1.19. The molecule has 0 saturated carbocycles. The molecule has 20 heavy (non-hydrogen) atoms. The number of aryl methyl sites for hydroxylation is 1. The van der Waals surface area contributed by atoms with E-state index >= 15 is 0 Å². The standard InChI is InChI=1S/C16H16BrClO2/c1-10-8-11(18)4-6-13(10)16(17)14-9-12(19-2)5-7-15(14)20-3/h4-9,16H,1-3H3. The van der Waals surface area contributed by atoms with Crippen molar-refractivity contribution in [1.29, 1.82) is 0 Å². The number of ether oxygens (including phenoxy) is 2. The highest BCUT2D eigenvalue weighted by atomic mass is 79.9. The Kier molecular flexibility index (Phi) is 4.95. The average Bonchev–Trinajstić information content (AvgIpc) is 2.46. The first kappa shape index (κ1) is 15.2. The number of benzene rings is 2. The van der Waals surface area contributed by atoms with Gasteiger partial charge in [0.1, 0.15) is 11.5 Å². The van der Waals surface area contributed by atoms with Gasteiger partial charge in [-0.25, -0.2) is 0 Å². The molecule has 1 unspecified atom stereocenters. The second kappa shape index (κ2) is 6.51. The van der Waals surface area contributed by atoms with Gasteiger partial charge in [-0.05, 0) is 48.4 Å². The van der Waals surface area contributed by atoms with Crippen molar-refractivity contribution in [3.63, 3.8) is 0 Å². The molecule has 0 amide bonds. The van der Waals surface area contributed by atoms with Gasteiger partial charge in [0.25, 0.3) is 0 Å². The first-order chi connectivity index (χ1) is 9.56. The van der Waals surface area contributed by atoms with E-state index in [1.54, 1.807) is 14.2 Å². The Labute approximate surface area is 132 Å². The summed E-state index contributed by atoms with van der Waals surface area (Å²) in [6, 6.07) is 11.6. The molecule has 0 heterocycles. The monoisotopic (exact) mass is 354 g/mol. The number of halogens is 2. The summed E-state index contributed by atoms with van der Waals surface area (Å²) in [6.45, 7) is 2.04. The van der Waals surface area contributed by atoms with Crippen LogP contribution in [-0.4, -0.2) is 14.2 Å². The minimum absolute atomic E-state index is 0.0183. The van der Waals surface area contributed by atoms with E-state index in [9.17, 15) is 0 Å². The van der Waals surface area contributed by atoms with Crippen molar-refractivity contribution in [2.24, 2.45) is 0 Å². The molecule has 0 aliphatic carbocycles. The second-order valence-electron chi connectivity index (χ2n) is 4.47. The third-order valence-electron chi connectivity index (χ3n) is 3.21. The van der Waals surface area contributed by atoms with Gasteiger partial charge in [0.15, 0.2) is 0 Å². The van der Waals surface area contributed by atoms with E-state index in [0.717, 1.165) is 33.2 Å². The van der Waals surface area contributed by atoms with Crippen LogP contribution in [0.2, 0.25) is 5.02 Å². The van der Waals surface area contributed by atoms with E-state index in [4.69, 9.17) is 21.1 Å². The van der Waals surface area contributed by atoms with Crippen LogP contribution in [0.5, 0.6) is 11.5 Å². The molecule has 2 rings (SSSR count). The Morgan fingerprint density at radius 2 is 1.75 bits per heavy atom. The smallest absolute Gasteiger partial charge is 0.123 e. The van der Waals surface area contributed by atoms with Gasteiger partial charge in [0.05, 0.1) is 19.0 Å². The lowest BCUT2D eigenvalue weighted by Gasteiger charge is -2.17. The molecule has 0 fully saturated rings. The molecule has 1 atom stereocenters. The molecule has 2 aromatic rings. The number of hydrogen-bond acceptors (Lipinski definition) is 2. The molecular formula is C16H16BrClO2. The molecule has 0 aromatic heterocycles. The molecule has 2 nitrogen and oxygen atoms in total. The lowest BCUT2D eigenvalue weighted by atomic mass is 9.99. The van der Waals surface area contributed by atoms with Crippen molar-refractivity contribution < 1.29 is 9.47 Å². The van der Waals surface area contributed by atoms with Crippen LogP contribution >= 0.6 is 27.5 Å². The van der Waals surface area contributed by atoms with Crippen LogP contribution in [-0.2, 0) is 0 Å². The zero-order valence-corrected chi connectivity index (χ0v) is 14.0. The minimum atomic E-state index is 0.0183. The molecule has 0 aliphatic heterocycles. The third kappa shape index (κ3) is 3.10. The highest BCUT2D eigenvalue weighted by Crippen LogP contribution is 2.40. The zero-order chi connectivity index (χ0) is 14.7. The zero-order valence-electron chi connectivity index (χ0n) is 11.6. The predicted octanol–water partition coefficient (Wildman–Crippen LogP) is 5.15. The molecule has 106 valence electrons. The fourth-order valence-electron chi connectivity index (χ4n) is 2.13. The fourth-order valence-corrected chi connectivity index (χ4v) is 3.23. The van der Waals surface area contributed by atoms with Gasteiger partial charge < -0.3 is 9.47 Å². The molecule has 0 radical (unpaired) electrons. The summed E-state index contributed by atoms with van der Waals surface area (Å²) in [5.41, 5.74) is 3.31. The van der Waals surface area contributed by atoms with Crippen molar-refractivity contribution in [2.45, 2.75) is 11.8 Å². The first-order valence-corrected chi connectivity index (χ1v) is 7.48. The van der Waals surface area contributed by atoms with Crippen molar-refractivity contribution >= 4 is 27.5 Å². The molecule has 0 saturated heterocycles. The molecule has 0 aliphatic rings. The van der Waals surface area contributed by atoms with Gasteiger partial charge >= 0.3 is 0 Å². The van der Waals surface area contributed by atoms with Gasteiger partial charge in [0.2, 0.25) is 0 Å². The van der Waals surface area contributed by atoms with Crippen LogP contribution in [0, 0.1) is 6.92 Å². The topological polar surface area (TPSA) is 18.5 Å². The van der Waals surface area contributed by atoms with E-state index in [1.807, 2.05) is 43.3 Å². The van der Waals surface area contributed by atoms with E-state index in [0.29, 0.717) is 0 Å². The number of alkyl halides is 1. The average molecular weight is 356 g/mol. The van der Waals surface area contributed by atoms with E-state index in [1.165, 1.54) is 0 Å². The Morgan fingerprint density at radius 1 is 1.00 bits per heavy atom. The summed E-state index contributed by atoms with van der Waals surface area (Å²) >= 11 is 9.76. The van der Waals surface area contributed by atoms with Gasteiger partial charge in [-0.2, -0.15) is 0 Å². The molecule has 4 heteroatoms. The van der Waals surface area contributed by atoms with Gasteiger partial charge in [-0.15, -0.1) is 0 Å². The van der Waals surface area contributed by atoms with Crippen molar-refractivity contribution in [1.82, 2.24) is 0 Å². The van der Waals surface area contributed by atoms with Gasteiger partial charge in [0, 0.05) is 10.6 Å². The molecule has 2 aromatic carbocycles. The molecule has 0 N–H and O–H groups in total. The van der Waals surface area contributed by atoms with Crippen LogP contribution < -0.4 is 9.47 Å². The maximum Gasteiger partial charge on any atom is 0.123 e. The van der Waals surface area contributed by atoms with Crippen molar-refractivity contribution in [3.05, 3.63) is 58.1 Å². The molecule has 0 spiro atoms. The van der Waals surface area contributed by atoms with Crippen LogP contribution in [0.3, 0.4) is 0 Å².